The van der Waals surface area contributed by atoms with Gasteiger partial charge in [0.15, 0.2) is 0 Å². The van der Waals surface area contributed by atoms with Crippen LogP contribution in [0.15, 0.2) is 43.1 Å². The first-order chi connectivity index (χ1) is 16.0. The molecule has 0 radical (unpaired) electrons. The highest BCUT2D eigenvalue weighted by Crippen LogP contribution is 2.38. The number of hydrogen-bond donors (Lipinski definition) is 1. The van der Waals surface area contributed by atoms with Crippen molar-refractivity contribution in [2.75, 3.05) is 5.32 Å². The molecule has 0 spiro atoms. The largest absolute Gasteiger partial charge is 0.451 e. The van der Waals surface area contributed by atoms with E-state index in [1.807, 2.05) is 57.8 Å². The molecule has 4 aromatic rings. The van der Waals surface area contributed by atoms with E-state index < -0.39 is 5.60 Å². The maximum atomic E-state index is 12.1. The second-order valence-electron chi connectivity index (χ2n) is 9.39. The molecule has 2 aromatic heterocycles. The van der Waals surface area contributed by atoms with Gasteiger partial charge in [0.25, 0.3) is 0 Å². The maximum Gasteiger partial charge on any atom is 0.339 e. The number of cyclic esters (lactones) is 1. The van der Waals surface area contributed by atoms with Crippen LogP contribution in [0.2, 0.25) is 0 Å². The fourth-order valence-electron chi connectivity index (χ4n) is 4.64. The Morgan fingerprint density at radius 3 is 2.62 bits per heavy atom. The molecular weight excluding hydrogens is 426 g/mol. The number of aryl methyl sites for hydroxylation is 2. The summed E-state index contributed by atoms with van der Waals surface area (Å²) in [5.41, 5.74) is 8.55. The lowest BCUT2D eigenvalue weighted by Gasteiger charge is -2.18. The molecule has 3 heterocycles. The van der Waals surface area contributed by atoms with Crippen LogP contribution in [0.1, 0.15) is 53.6 Å². The number of anilines is 2. The summed E-state index contributed by atoms with van der Waals surface area (Å²) in [7, 11) is 1.95. The zero-order valence-electron chi connectivity index (χ0n) is 20.3. The second kappa shape index (κ2) is 7.52. The molecule has 1 aliphatic rings. The van der Waals surface area contributed by atoms with Crippen LogP contribution in [-0.4, -0.2) is 25.7 Å². The Hall–Kier alpha value is -4.00. The molecule has 0 saturated heterocycles. The number of nitrogens with one attached hydrogen (secondary N) is 1. The van der Waals surface area contributed by atoms with Crippen LogP contribution in [0.3, 0.4) is 0 Å². The number of hydrogen-bond acceptors (Lipinski definition) is 6. The Labute approximate surface area is 198 Å². The Morgan fingerprint density at radius 2 is 1.94 bits per heavy atom. The lowest BCUT2D eigenvalue weighted by molar-refractivity contribution is 0.00955. The number of carbonyl (C=O) groups excluding carboxylic acids is 1. The highest BCUT2D eigenvalue weighted by atomic mass is 16.6. The molecule has 1 aliphatic heterocycles. The van der Waals surface area contributed by atoms with E-state index in [1.165, 1.54) is 0 Å². The van der Waals surface area contributed by atoms with Crippen molar-refractivity contribution in [3.63, 3.8) is 0 Å². The number of benzene rings is 2. The fourth-order valence-corrected chi connectivity index (χ4v) is 4.64. The van der Waals surface area contributed by atoms with Crippen molar-refractivity contribution in [2.24, 2.45) is 7.05 Å². The van der Waals surface area contributed by atoms with Gasteiger partial charge in [-0.2, -0.15) is 5.10 Å². The summed E-state index contributed by atoms with van der Waals surface area (Å²) in [5, 5.41) is 8.77. The van der Waals surface area contributed by atoms with Crippen LogP contribution in [0, 0.1) is 13.8 Å². The smallest absolute Gasteiger partial charge is 0.339 e. The fraction of sp³-hybridized carbons (Fsp3) is 0.259. The molecule has 0 fully saturated rings. The topological polar surface area (TPSA) is 81.9 Å². The first-order valence-corrected chi connectivity index (χ1v) is 11.2. The van der Waals surface area contributed by atoms with Gasteiger partial charge in [-0.1, -0.05) is 6.58 Å². The van der Waals surface area contributed by atoms with E-state index in [9.17, 15) is 4.79 Å². The summed E-state index contributed by atoms with van der Waals surface area (Å²) in [6.07, 6.45) is 1.82. The zero-order chi connectivity index (χ0) is 24.4. The molecule has 7 nitrogen and oxygen atoms in total. The SMILES string of the molecule is C=C(C)c1cc(-c2c(C)nn(C)c2C)cc2cnc(Nc3ccc4c(c3)C(C)(C)OC4=O)nc12. The third-order valence-electron chi connectivity index (χ3n) is 6.43. The van der Waals surface area contributed by atoms with Crippen molar-refractivity contribution in [3.8, 4) is 11.1 Å². The number of aromatic nitrogens is 4. The molecule has 0 unspecified atom stereocenters. The van der Waals surface area contributed by atoms with Crippen LogP contribution in [0.25, 0.3) is 27.6 Å². The number of ether oxygens (including phenoxy) is 1. The van der Waals surface area contributed by atoms with Crippen molar-refractivity contribution in [2.45, 2.75) is 40.2 Å². The summed E-state index contributed by atoms with van der Waals surface area (Å²) in [6, 6.07) is 9.76. The van der Waals surface area contributed by atoms with E-state index in [0.29, 0.717) is 11.5 Å². The monoisotopic (exact) mass is 453 g/mol. The zero-order valence-corrected chi connectivity index (χ0v) is 20.3. The van der Waals surface area contributed by atoms with Gasteiger partial charge in [-0.25, -0.2) is 14.8 Å². The number of carbonyl (C=O) groups is 1. The highest BCUT2D eigenvalue weighted by molar-refractivity contribution is 5.96. The molecule has 0 saturated carbocycles. The maximum absolute atomic E-state index is 12.1. The van der Waals surface area contributed by atoms with Crippen LogP contribution in [-0.2, 0) is 17.4 Å². The van der Waals surface area contributed by atoms with Crippen molar-refractivity contribution in [1.29, 1.82) is 0 Å². The van der Waals surface area contributed by atoms with Crippen molar-refractivity contribution in [1.82, 2.24) is 19.7 Å². The quantitative estimate of drug-likeness (QED) is 0.392. The van der Waals surface area contributed by atoms with Gasteiger partial charge in [-0.15, -0.1) is 0 Å². The van der Waals surface area contributed by atoms with E-state index in [2.05, 4.69) is 41.0 Å². The molecule has 0 aliphatic carbocycles. The third-order valence-corrected chi connectivity index (χ3v) is 6.43. The molecule has 0 atom stereocenters. The summed E-state index contributed by atoms with van der Waals surface area (Å²) in [4.78, 5) is 21.5. The van der Waals surface area contributed by atoms with Crippen LogP contribution in [0.5, 0.6) is 0 Å². The van der Waals surface area contributed by atoms with Gasteiger partial charge in [-0.3, -0.25) is 4.68 Å². The molecule has 172 valence electrons. The van der Waals surface area contributed by atoms with Gasteiger partial charge >= 0.3 is 5.97 Å². The molecule has 5 rings (SSSR count). The Morgan fingerprint density at radius 1 is 1.18 bits per heavy atom. The predicted molar refractivity (Wildman–Crippen MR) is 134 cm³/mol. The van der Waals surface area contributed by atoms with Gasteiger partial charge in [-0.05, 0) is 76.1 Å². The molecule has 0 amide bonds. The van der Waals surface area contributed by atoms with Crippen molar-refractivity contribution < 1.29 is 9.53 Å². The standard InChI is InChI=1S/C27H27N5O2/c1-14(2)21-11-17(23-15(3)31-32(7)16(23)4)10-18-13-28-26(30-24(18)21)29-19-8-9-20-22(12-19)27(5,6)34-25(20)33/h8-13H,1H2,2-7H3,(H,28,29,30). The number of rotatable bonds is 4. The van der Waals surface area contributed by atoms with Gasteiger partial charge in [0.1, 0.15) is 5.60 Å². The van der Waals surface area contributed by atoms with Gasteiger partial charge in [0.05, 0.1) is 16.8 Å². The van der Waals surface area contributed by atoms with Crippen LogP contribution >= 0.6 is 0 Å². The average Bonchev–Trinajstić information content (AvgIpc) is 3.16. The number of fused-ring (bicyclic) bond motifs is 2. The Kier molecular flexibility index (Phi) is 4.82. The van der Waals surface area contributed by atoms with E-state index in [4.69, 9.17) is 9.72 Å². The summed E-state index contributed by atoms with van der Waals surface area (Å²) < 4.78 is 7.37. The minimum Gasteiger partial charge on any atom is -0.451 e. The van der Waals surface area contributed by atoms with Crippen molar-refractivity contribution >= 4 is 34.1 Å². The third kappa shape index (κ3) is 3.44. The summed E-state index contributed by atoms with van der Waals surface area (Å²) >= 11 is 0. The Balaban J connectivity index is 1.57. The number of nitrogens with zero attached hydrogens (tertiary/aromatic N) is 4. The lowest BCUT2D eigenvalue weighted by atomic mass is 9.95. The first-order valence-electron chi connectivity index (χ1n) is 11.2. The van der Waals surface area contributed by atoms with Gasteiger partial charge in [0, 0.05) is 46.7 Å². The minimum absolute atomic E-state index is 0.297. The lowest BCUT2D eigenvalue weighted by Crippen LogP contribution is -2.16. The molecular formula is C27H27N5O2. The molecule has 2 aromatic carbocycles. The molecule has 1 N–H and O–H groups in total. The van der Waals surface area contributed by atoms with E-state index >= 15 is 0 Å². The van der Waals surface area contributed by atoms with E-state index in [1.54, 1.807) is 6.07 Å². The number of esters is 1. The van der Waals surface area contributed by atoms with Gasteiger partial charge < -0.3 is 10.1 Å². The second-order valence-corrected chi connectivity index (χ2v) is 9.39. The normalized spacial score (nSPS) is 14.2. The number of allylic oxidation sites excluding steroid dienone is 1. The van der Waals surface area contributed by atoms with E-state index in [0.717, 1.165) is 55.8 Å². The van der Waals surface area contributed by atoms with Gasteiger partial charge in [0.2, 0.25) is 5.95 Å². The summed E-state index contributed by atoms with van der Waals surface area (Å²) in [5.74, 6) is 0.175. The molecule has 0 bridgehead atoms. The average molecular weight is 454 g/mol. The minimum atomic E-state index is -0.666. The summed E-state index contributed by atoms with van der Waals surface area (Å²) in [6.45, 7) is 14.0. The molecule has 7 heteroatoms. The van der Waals surface area contributed by atoms with E-state index in [-0.39, 0.29) is 5.97 Å². The van der Waals surface area contributed by atoms with Crippen LogP contribution < -0.4 is 5.32 Å². The Bertz CT molecular complexity index is 1510. The van der Waals surface area contributed by atoms with Crippen molar-refractivity contribution in [3.05, 3.63) is 71.2 Å². The van der Waals surface area contributed by atoms with Crippen LogP contribution in [0.4, 0.5) is 11.6 Å². The predicted octanol–water partition coefficient (Wildman–Crippen LogP) is 5.83. The highest BCUT2D eigenvalue weighted by Gasteiger charge is 2.37. The molecule has 34 heavy (non-hydrogen) atoms. The first kappa shape index (κ1) is 21.8.